The summed E-state index contributed by atoms with van der Waals surface area (Å²) in [6.45, 7) is 5.61. The number of rotatable bonds is 8. The third-order valence-electron chi connectivity index (χ3n) is 5.28. The number of carboxylic acids is 1. The molecule has 2 atom stereocenters. The molecule has 2 N–H and O–H groups in total. The van der Waals surface area contributed by atoms with Gasteiger partial charge in [0.2, 0.25) is 0 Å². The van der Waals surface area contributed by atoms with Crippen molar-refractivity contribution in [1.29, 1.82) is 0 Å². The number of alkyl carbamates (subject to hydrolysis) is 1. The van der Waals surface area contributed by atoms with Crippen molar-refractivity contribution >= 4 is 12.1 Å². The minimum atomic E-state index is -1.06. The molecule has 0 saturated carbocycles. The molecule has 0 aromatic heterocycles. The van der Waals surface area contributed by atoms with E-state index in [1.807, 2.05) is 36.4 Å². The van der Waals surface area contributed by atoms with Crippen LogP contribution in [0.15, 0.2) is 61.2 Å². The van der Waals surface area contributed by atoms with Crippen molar-refractivity contribution in [2.45, 2.75) is 31.7 Å². The summed E-state index contributed by atoms with van der Waals surface area (Å²) < 4.78 is 5.44. The van der Waals surface area contributed by atoms with E-state index in [1.165, 1.54) is 0 Å². The van der Waals surface area contributed by atoms with Gasteiger partial charge in [-0.2, -0.15) is 0 Å². The molecule has 0 radical (unpaired) electrons. The van der Waals surface area contributed by atoms with Crippen LogP contribution in [0.5, 0.6) is 0 Å². The zero-order valence-corrected chi connectivity index (χ0v) is 15.9. The molecule has 1 amide bonds. The summed E-state index contributed by atoms with van der Waals surface area (Å²) in [4.78, 5) is 23.8. The highest BCUT2D eigenvalue weighted by molar-refractivity contribution is 5.81. The quantitative estimate of drug-likeness (QED) is 0.658. The number of nitrogens with one attached hydrogen (secondary N) is 1. The fourth-order valence-corrected chi connectivity index (χ4v) is 3.76. The summed E-state index contributed by atoms with van der Waals surface area (Å²) in [5.41, 5.74) is 4.53. The van der Waals surface area contributed by atoms with Gasteiger partial charge in [0, 0.05) is 5.92 Å². The van der Waals surface area contributed by atoms with Crippen molar-refractivity contribution in [3.05, 3.63) is 72.3 Å². The number of carboxylic acid groups (broad SMARTS) is 1. The standard InChI is InChI=1S/C23H25NO4/c1-3-4-9-15(2)21(22(25)26)24-23(27)28-14-20-18-12-7-5-10-16(18)17-11-6-8-13-19(17)20/h3,5-8,10-13,15,20-21H,1,4,9,14H2,2H3,(H,24,27)(H,25,26)/t15-,21+/m1/s1. The smallest absolute Gasteiger partial charge is 0.407 e. The first kappa shape index (κ1) is 19.7. The highest BCUT2D eigenvalue weighted by Crippen LogP contribution is 2.44. The first-order chi connectivity index (χ1) is 13.5. The van der Waals surface area contributed by atoms with Gasteiger partial charge in [-0.05, 0) is 41.0 Å². The highest BCUT2D eigenvalue weighted by Gasteiger charge is 2.30. The predicted octanol–water partition coefficient (Wildman–Crippen LogP) is 4.58. The molecule has 0 unspecified atom stereocenters. The number of aliphatic carboxylic acids is 1. The molecule has 146 valence electrons. The maximum Gasteiger partial charge on any atom is 0.407 e. The molecule has 0 spiro atoms. The van der Waals surface area contributed by atoms with Crippen molar-refractivity contribution in [3.8, 4) is 11.1 Å². The molecular formula is C23H25NO4. The summed E-state index contributed by atoms with van der Waals surface area (Å²) >= 11 is 0. The molecule has 1 aliphatic rings. The van der Waals surface area contributed by atoms with Crippen molar-refractivity contribution in [2.24, 2.45) is 5.92 Å². The minimum Gasteiger partial charge on any atom is -0.480 e. The van der Waals surface area contributed by atoms with E-state index in [0.29, 0.717) is 12.8 Å². The average Bonchev–Trinajstić information content (AvgIpc) is 3.02. The Morgan fingerprint density at radius 2 is 1.71 bits per heavy atom. The lowest BCUT2D eigenvalue weighted by molar-refractivity contribution is -0.140. The molecule has 5 nitrogen and oxygen atoms in total. The van der Waals surface area contributed by atoms with Crippen LogP contribution in [0.25, 0.3) is 11.1 Å². The molecular weight excluding hydrogens is 354 g/mol. The van der Waals surface area contributed by atoms with Crippen LogP contribution >= 0.6 is 0 Å². The van der Waals surface area contributed by atoms with E-state index < -0.39 is 18.1 Å². The van der Waals surface area contributed by atoms with Gasteiger partial charge in [-0.1, -0.05) is 61.5 Å². The Morgan fingerprint density at radius 3 is 2.25 bits per heavy atom. The average molecular weight is 379 g/mol. The van der Waals surface area contributed by atoms with Crippen LogP contribution in [0.2, 0.25) is 0 Å². The number of carbonyl (C=O) groups is 2. The third kappa shape index (κ3) is 4.09. The molecule has 2 aromatic rings. The summed E-state index contributed by atoms with van der Waals surface area (Å²) in [5.74, 6) is -1.35. The Kier molecular flexibility index (Phi) is 6.14. The van der Waals surface area contributed by atoms with Gasteiger partial charge in [0.1, 0.15) is 12.6 Å². The van der Waals surface area contributed by atoms with Gasteiger partial charge >= 0.3 is 12.1 Å². The lowest BCUT2D eigenvalue weighted by Crippen LogP contribution is -2.45. The second-order valence-electron chi connectivity index (χ2n) is 7.13. The van der Waals surface area contributed by atoms with Gasteiger partial charge in [-0.25, -0.2) is 9.59 Å². The second kappa shape index (κ2) is 8.74. The summed E-state index contributed by atoms with van der Waals surface area (Å²) in [7, 11) is 0. The van der Waals surface area contributed by atoms with Gasteiger partial charge in [0.05, 0.1) is 0 Å². The molecule has 3 rings (SSSR count). The minimum absolute atomic E-state index is 0.0559. The number of allylic oxidation sites excluding steroid dienone is 1. The fourth-order valence-electron chi connectivity index (χ4n) is 3.76. The molecule has 0 fully saturated rings. The lowest BCUT2D eigenvalue weighted by atomic mass is 9.96. The van der Waals surface area contributed by atoms with Crippen LogP contribution in [0, 0.1) is 5.92 Å². The van der Waals surface area contributed by atoms with Crippen molar-refractivity contribution in [3.63, 3.8) is 0 Å². The number of amides is 1. The molecule has 0 saturated heterocycles. The monoisotopic (exact) mass is 379 g/mol. The molecule has 5 heteroatoms. The molecule has 2 aromatic carbocycles. The largest absolute Gasteiger partial charge is 0.480 e. The van der Waals surface area contributed by atoms with Gasteiger partial charge in [0.25, 0.3) is 0 Å². The normalized spacial score (nSPS) is 14.5. The van der Waals surface area contributed by atoms with E-state index in [4.69, 9.17) is 4.74 Å². The Labute approximate surface area is 165 Å². The second-order valence-corrected chi connectivity index (χ2v) is 7.13. The SMILES string of the molecule is C=CCC[C@@H](C)[C@H](NC(=O)OCC1c2ccccc2-c2ccccc21)C(=O)O. The first-order valence-electron chi connectivity index (χ1n) is 9.48. The fraction of sp³-hybridized carbons (Fsp3) is 0.304. The number of fused-ring (bicyclic) bond motifs is 3. The molecule has 0 bridgehead atoms. The van der Waals surface area contributed by atoms with Crippen molar-refractivity contribution < 1.29 is 19.4 Å². The first-order valence-corrected chi connectivity index (χ1v) is 9.48. The number of hydrogen-bond donors (Lipinski definition) is 2. The van der Waals surface area contributed by atoms with E-state index in [0.717, 1.165) is 22.3 Å². The summed E-state index contributed by atoms with van der Waals surface area (Å²) in [5, 5.41) is 11.9. The van der Waals surface area contributed by atoms with Gasteiger partial charge in [-0.3, -0.25) is 0 Å². The number of ether oxygens (including phenoxy) is 1. The van der Waals surface area contributed by atoms with E-state index in [-0.39, 0.29) is 18.4 Å². The van der Waals surface area contributed by atoms with Crippen molar-refractivity contribution in [2.75, 3.05) is 6.61 Å². The molecule has 1 aliphatic carbocycles. The van der Waals surface area contributed by atoms with E-state index in [9.17, 15) is 14.7 Å². The van der Waals surface area contributed by atoms with Crippen LogP contribution in [-0.2, 0) is 9.53 Å². The molecule has 0 aliphatic heterocycles. The van der Waals surface area contributed by atoms with Gasteiger partial charge in [-0.15, -0.1) is 6.58 Å². The van der Waals surface area contributed by atoms with Crippen LogP contribution in [0.4, 0.5) is 4.79 Å². The Morgan fingerprint density at radius 1 is 1.14 bits per heavy atom. The predicted molar refractivity (Wildman–Crippen MR) is 108 cm³/mol. The van der Waals surface area contributed by atoms with Gasteiger partial charge < -0.3 is 15.2 Å². The molecule has 28 heavy (non-hydrogen) atoms. The maximum absolute atomic E-state index is 12.3. The van der Waals surface area contributed by atoms with Gasteiger partial charge in [0.15, 0.2) is 0 Å². The molecule has 0 heterocycles. The van der Waals surface area contributed by atoms with Crippen LogP contribution in [0.1, 0.15) is 36.8 Å². The Bertz CT molecular complexity index is 831. The third-order valence-corrected chi connectivity index (χ3v) is 5.28. The van der Waals surface area contributed by atoms with Crippen molar-refractivity contribution in [1.82, 2.24) is 5.32 Å². The van der Waals surface area contributed by atoms with E-state index >= 15 is 0 Å². The summed E-state index contributed by atoms with van der Waals surface area (Å²) in [6, 6.07) is 15.2. The van der Waals surface area contributed by atoms with E-state index in [2.05, 4.69) is 24.0 Å². The Hall–Kier alpha value is -3.08. The van der Waals surface area contributed by atoms with Crippen LogP contribution in [-0.4, -0.2) is 29.8 Å². The summed E-state index contributed by atoms with van der Waals surface area (Å²) in [6.07, 6.45) is 2.35. The Balaban J connectivity index is 1.67. The lowest BCUT2D eigenvalue weighted by Gasteiger charge is -2.21. The van der Waals surface area contributed by atoms with Crippen LogP contribution in [0.3, 0.4) is 0 Å². The topological polar surface area (TPSA) is 75.6 Å². The zero-order valence-electron chi connectivity index (χ0n) is 15.9. The highest BCUT2D eigenvalue weighted by atomic mass is 16.5. The number of hydrogen-bond acceptors (Lipinski definition) is 3. The van der Waals surface area contributed by atoms with E-state index in [1.54, 1.807) is 13.0 Å². The number of benzene rings is 2. The zero-order chi connectivity index (χ0) is 20.1. The number of carbonyl (C=O) groups excluding carboxylic acids is 1. The van der Waals surface area contributed by atoms with Crippen LogP contribution < -0.4 is 5.32 Å². The maximum atomic E-state index is 12.3.